The Labute approximate surface area is 117 Å². The third-order valence-corrected chi connectivity index (χ3v) is 4.47. The summed E-state index contributed by atoms with van der Waals surface area (Å²) >= 11 is 0. The Morgan fingerprint density at radius 2 is 2.00 bits per heavy atom. The lowest BCUT2D eigenvalue weighted by Gasteiger charge is -2.38. The molecule has 2 unspecified atom stereocenters. The van der Waals surface area contributed by atoms with Gasteiger partial charge in [-0.1, -0.05) is 19.3 Å². The second-order valence-electron chi connectivity index (χ2n) is 5.84. The van der Waals surface area contributed by atoms with Crippen molar-refractivity contribution in [2.45, 2.75) is 70.4 Å². The highest BCUT2D eigenvalue weighted by atomic mass is 35.5. The normalized spacial score (nSPS) is 26.1. The number of carbonyl (C=O) groups is 1. The third-order valence-electron chi connectivity index (χ3n) is 4.47. The van der Waals surface area contributed by atoms with E-state index in [4.69, 9.17) is 5.73 Å². The van der Waals surface area contributed by atoms with E-state index in [9.17, 15) is 4.79 Å². The maximum atomic E-state index is 12.2. The van der Waals surface area contributed by atoms with Gasteiger partial charge in [0.15, 0.2) is 0 Å². The van der Waals surface area contributed by atoms with Gasteiger partial charge in [-0.3, -0.25) is 4.79 Å². The van der Waals surface area contributed by atoms with Crippen molar-refractivity contribution in [1.82, 2.24) is 4.90 Å². The first-order chi connectivity index (χ1) is 8.18. The minimum atomic E-state index is 0. The lowest BCUT2D eigenvalue weighted by atomic mass is 9.82. The molecular formula is C14H27ClN2O. The minimum Gasteiger partial charge on any atom is -0.338 e. The molecular weight excluding hydrogens is 248 g/mol. The molecule has 3 nitrogen and oxygen atoms in total. The van der Waals surface area contributed by atoms with Crippen LogP contribution in [-0.4, -0.2) is 29.4 Å². The summed E-state index contributed by atoms with van der Waals surface area (Å²) in [5, 5.41) is 0. The quantitative estimate of drug-likeness (QED) is 0.857. The Morgan fingerprint density at radius 1 is 1.28 bits per heavy atom. The van der Waals surface area contributed by atoms with Crippen molar-refractivity contribution in [3.63, 3.8) is 0 Å². The van der Waals surface area contributed by atoms with Crippen molar-refractivity contribution in [3.8, 4) is 0 Å². The minimum absolute atomic E-state index is 0. The standard InChI is InChI=1S/C14H26N2O.ClH/c1-11(15)13-7-2-3-10-16(13)14(17)9-8-12-5-4-6-12;/h11-13H,2-10,15H2,1H3;1H. The molecule has 0 radical (unpaired) electrons. The van der Waals surface area contributed by atoms with Gasteiger partial charge in [0, 0.05) is 25.0 Å². The Hall–Kier alpha value is -0.280. The summed E-state index contributed by atoms with van der Waals surface area (Å²) in [4.78, 5) is 14.3. The maximum Gasteiger partial charge on any atom is 0.222 e. The van der Waals surface area contributed by atoms with E-state index >= 15 is 0 Å². The predicted octanol–water partition coefficient (Wildman–Crippen LogP) is 2.72. The number of carbonyl (C=O) groups excluding carboxylic acids is 1. The number of hydrogen-bond donors (Lipinski definition) is 1. The van der Waals surface area contributed by atoms with Gasteiger partial charge in [0.25, 0.3) is 0 Å². The van der Waals surface area contributed by atoms with Gasteiger partial charge in [0.05, 0.1) is 0 Å². The van der Waals surface area contributed by atoms with Crippen LogP contribution >= 0.6 is 12.4 Å². The van der Waals surface area contributed by atoms with Crippen molar-refractivity contribution in [2.24, 2.45) is 11.7 Å². The molecule has 2 rings (SSSR count). The zero-order valence-electron chi connectivity index (χ0n) is 11.4. The van der Waals surface area contributed by atoms with Gasteiger partial charge in [-0.2, -0.15) is 0 Å². The summed E-state index contributed by atoms with van der Waals surface area (Å²) < 4.78 is 0. The Bertz CT molecular complexity index is 267. The smallest absolute Gasteiger partial charge is 0.222 e. The van der Waals surface area contributed by atoms with E-state index in [0.717, 1.165) is 38.1 Å². The molecule has 2 N–H and O–H groups in total. The molecule has 1 saturated carbocycles. The average Bonchev–Trinajstić information content (AvgIpc) is 2.26. The zero-order chi connectivity index (χ0) is 12.3. The van der Waals surface area contributed by atoms with Gasteiger partial charge >= 0.3 is 0 Å². The number of nitrogens with two attached hydrogens (primary N) is 1. The molecule has 2 aliphatic rings. The maximum absolute atomic E-state index is 12.2. The molecule has 0 aromatic heterocycles. The van der Waals surface area contributed by atoms with E-state index in [1.807, 2.05) is 6.92 Å². The molecule has 1 heterocycles. The molecule has 18 heavy (non-hydrogen) atoms. The van der Waals surface area contributed by atoms with Gasteiger partial charge in [0.2, 0.25) is 5.91 Å². The van der Waals surface area contributed by atoms with E-state index in [-0.39, 0.29) is 24.5 Å². The Balaban J connectivity index is 0.00000162. The third kappa shape index (κ3) is 3.86. The first-order valence-electron chi connectivity index (χ1n) is 7.23. The van der Waals surface area contributed by atoms with Crippen LogP contribution in [-0.2, 0) is 4.79 Å². The first kappa shape index (κ1) is 15.8. The molecule has 0 aromatic rings. The highest BCUT2D eigenvalue weighted by Gasteiger charge is 2.29. The van der Waals surface area contributed by atoms with E-state index in [2.05, 4.69) is 4.90 Å². The summed E-state index contributed by atoms with van der Waals surface area (Å²) in [5.74, 6) is 1.18. The summed E-state index contributed by atoms with van der Waals surface area (Å²) in [6.45, 7) is 2.96. The summed E-state index contributed by atoms with van der Waals surface area (Å²) in [6, 6.07) is 0.403. The first-order valence-corrected chi connectivity index (χ1v) is 7.23. The molecule has 0 aromatic carbocycles. The second-order valence-corrected chi connectivity index (χ2v) is 5.84. The molecule has 2 fully saturated rings. The van der Waals surface area contributed by atoms with E-state index < -0.39 is 0 Å². The largest absolute Gasteiger partial charge is 0.338 e. The zero-order valence-corrected chi connectivity index (χ0v) is 12.3. The van der Waals surface area contributed by atoms with Gasteiger partial charge in [0.1, 0.15) is 0 Å². The van der Waals surface area contributed by atoms with Crippen molar-refractivity contribution in [3.05, 3.63) is 0 Å². The van der Waals surface area contributed by atoms with Crippen molar-refractivity contribution in [1.29, 1.82) is 0 Å². The number of rotatable bonds is 4. The van der Waals surface area contributed by atoms with Crippen LogP contribution in [0.3, 0.4) is 0 Å². The van der Waals surface area contributed by atoms with Crippen LogP contribution < -0.4 is 5.73 Å². The fourth-order valence-electron chi connectivity index (χ4n) is 3.07. The fourth-order valence-corrected chi connectivity index (χ4v) is 3.07. The van der Waals surface area contributed by atoms with E-state index in [1.54, 1.807) is 0 Å². The van der Waals surface area contributed by atoms with Crippen molar-refractivity contribution in [2.75, 3.05) is 6.54 Å². The number of piperidine rings is 1. The number of likely N-dealkylation sites (tertiary alicyclic amines) is 1. The summed E-state index contributed by atoms with van der Waals surface area (Å²) in [6.07, 6.45) is 9.34. The second kappa shape index (κ2) is 7.34. The lowest BCUT2D eigenvalue weighted by Crippen LogP contribution is -2.51. The van der Waals surface area contributed by atoms with Crippen LogP contribution in [0.15, 0.2) is 0 Å². The van der Waals surface area contributed by atoms with Crippen molar-refractivity contribution < 1.29 is 4.79 Å². The molecule has 0 bridgehead atoms. The molecule has 1 amide bonds. The predicted molar refractivity (Wildman–Crippen MR) is 76.8 cm³/mol. The Kier molecular flexibility index (Phi) is 6.44. The van der Waals surface area contributed by atoms with Crippen LogP contribution in [0.2, 0.25) is 0 Å². The summed E-state index contributed by atoms with van der Waals surface area (Å²) in [7, 11) is 0. The molecule has 2 atom stereocenters. The van der Waals surface area contributed by atoms with Crippen LogP contribution in [0.4, 0.5) is 0 Å². The fraction of sp³-hybridized carbons (Fsp3) is 0.929. The lowest BCUT2D eigenvalue weighted by molar-refractivity contribution is -0.135. The molecule has 1 aliphatic heterocycles. The van der Waals surface area contributed by atoms with E-state index in [1.165, 1.54) is 25.7 Å². The molecule has 1 aliphatic carbocycles. The van der Waals surface area contributed by atoms with Crippen LogP contribution in [0, 0.1) is 5.92 Å². The highest BCUT2D eigenvalue weighted by Crippen LogP contribution is 2.31. The van der Waals surface area contributed by atoms with Crippen LogP contribution in [0.5, 0.6) is 0 Å². The van der Waals surface area contributed by atoms with Crippen LogP contribution in [0.1, 0.15) is 58.3 Å². The SMILES string of the molecule is CC(N)C1CCCCN1C(=O)CCC1CCC1.Cl. The molecule has 4 heteroatoms. The molecule has 1 saturated heterocycles. The van der Waals surface area contributed by atoms with Gasteiger partial charge in [-0.05, 0) is 38.5 Å². The van der Waals surface area contributed by atoms with Crippen molar-refractivity contribution >= 4 is 18.3 Å². The molecule has 0 spiro atoms. The number of halogens is 1. The molecule has 106 valence electrons. The van der Waals surface area contributed by atoms with Gasteiger partial charge in [-0.15, -0.1) is 12.4 Å². The number of amides is 1. The topological polar surface area (TPSA) is 46.3 Å². The van der Waals surface area contributed by atoms with Gasteiger partial charge < -0.3 is 10.6 Å². The number of nitrogens with zero attached hydrogens (tertiary/aromatic N) is 1. The van der Waals surface area contributed by atoms with E-state index in [0.29, 0.717) is 5.91 Å². The highest BCUT2D eigenvalue weighted by molar-refractivity contribution is 5.85. The number of hydrogen-bond acceptors (Lipinski definition) is 2. The summed E-state index contributed by atoms with van der Waals surface area (Å²) in [5.41, 5.74) is 5.99. The van der Waals surface area contributed by atoms with Gasteiger partial charge in [-0.25, -0.2) is 0 Å². The Morgan fingerprint density at radius 3 is 2.56 bits per heavy atom. The van der Waals surface area contributed by atoms with Crippen LogP contribution in [0.25, 0.3) is 0 Å². The monoisotopic (exact) mass is 274 g/mol. The average molecular weight is 275 g/mol.